The molecule has 1 fully saturated rings. The van der Waals surface area contributed by atoms with Crippen LogP contribution in [0.2, 0.25) is 0 Å². The summed E-state index contributed by atoms with van der Waals surface area (Å²) in [4.78, 5) is 4.31. The van der Waals surface area contributed by atoms with Crippen LogP contribution in [0.15, 0.2) is 4.99 Å². The van der Waals surface area contributed by atoms with Crippen LogP contribution in [0.1, 0.15) is 32.6 Å². The van der Waals surface area contributed by atoms with Gasteiger partial charge in [-0.3, -0.25) is 4.99 Å². The Labute approximate surface area is 67.7 Å². The summed E-state index contributed by atoms with van der Waals surface area (Å²) in [5.41, 5.74) is 0. The molecule has 0 saturated heterocycles. The van der Waals surface area contributed by atoms with Crippen molar-refractivity contribution >= 4 is 5.90 Å². The minimum absolute atomic E-state index is 0.501. The van der Waals surface area contributed by atoms with E-state index in [9.17, 15) is 0 Å². The highest BCUT2D eigenvalue weighted by molar-refractivity contribution is 5.73. The van der Waals surface area contributed by atoms with E-state index in [0.29, 0.717) is 6.10 Å². The summed E-state index contributed by atoms with van der Waals surface area (Å²) in [6, 6.07) is 0. The normalized spacial score (nSPS) is 37.0. The average molecular weight is 153 g/mol. The van der Waals surface area contributed by atoms with Gasteiger partial charge in [0.1, 0.15) is 6.10 Å². The molecular weight excluding hydrogens is 138 g/mol. The Kier molecular flexibility index (Phi) is 1.84. The lowest BCUT2D eigenvalue weighted by Crippen LogP contribution is -2.35. The summed E-state index contributed by atoms with van der Waals surface area (Å²) in [6.07, 6.45) is 5.79. The van der Waals surface area contributed by atoms with Crippen molar-refractivity contribution in [3.63, 3.8) is 0 Å². The van der Waals surface area contributed by atoms with E-state index in [1.807, 2.05) is 6.92 Å². The Hall–Kier alpha value is -0.530. The van der Waals surface area contributed by atoms with Gasteiger partial charge >= 0.3 is 0 Å². The predicted octanol–water partition coefficient (Wildman–Crippen LogP) is 1.99. The van der Waals surface area contributed by atoms with Gasteiger partial charge in [-0.25, -0.2) is 0 Å². The van der Waals surface area contributed by atoms with Gasteiger partial charge in [0.15, 0.2) is 5.90 Å². The maximum absolute atomic E-state index is 5.64. The number of fused-ring (bicyclic) bond motifs is 1. The molecule has 0 aromatic carbocycles. The Morgan fingerprint density at radius 2 is 2.18 bits per heavy atom. The van der Waals surface area contributed by atoms with Crippen molar-refractivity contribution in [2.24, 2.45) is 10.9 Å². The van der Waals surface area contributed by atoms with Crippen molar-refractivity contribution in [3.8, 4) is 0 Å². The SMILES string of the molecule is CC1=NC[C@@H]2CCCC[C@@H]2O1. The highest BCUT2D eigenvalue weighted by Gasteiger charge is 2.29. The van der Waals surface area contributed by atoms with E-state index in [4.69, 9.17) is 4.74 Å². The topological polar surface area (TPSA) is 21.6 Å². The molecule has 0 aromatic heterocycles. The third-order valence-corrected chi connectivity index (χ3v) is 2.71. The Morgan fingerprint density at radius 3 is 3.09 bits per heavy atom. The van der Waals surface area contributed by atoms with E-state index < -0.39 is 0 Å². The summed E-state index contributed by atoms with van der Waals surface area (Å²) in [5.74, 6) is 1.63. The number of rotatable bonds is 0. The first-order valence-electron chi connectivity index (χ1n) is 4.54. The van der Waals surface area contributed by atoms with E-state index in [0.717, 1.165) is 18.4 Å². The van der Waals surface area contributed by atoms with Crippen molar-refractivity contribution in [1.29, 1.82) is 0 Å². The predicted molar refractivity (Wildman–Crippen MR) is 44.8 cm³/mol. The largest absolute Gasteiger partial charge is 0.478 e. The standard InChI is InChI=1S/C9H15NO/c1-7-10-6-8-4-2-3-5-9(8)11-7/h8-9H,2-6H2,1H3/t8-,9-/m0/s1. The van der Waals surface area contributed by atoms with Crippen molar-refractivity contribution in [1.82, 2.24) is 0 Å². The van der Waals surface area contributed by atoms with E-state index >= 15 is 0 Å². The van der Waals surface area contributed by atoms with Gasteiger partial charge in [0.2, 0.25) is 0 Å². The van der Waals surface area contributed by atoms with Crippen LogP contribution in [0.3, 0.4) is 0 Å². The summed E-state index contributed by atoms with van der Waals surface area (Å²) in [7, 11) is 0. The molecule has 1 aliphatic carbocycles. The maximum Gasteiger partial charge on any atom is 0.180 e. The molecular formula is C9H15NO. The molecule has 2 atom stereocenters. The lowest BCUT2D eigenvalue weighted by molar-refractivity contribution is 0.0710. The highest BCUT2D eigenvalue weighted by atomic mass is 16.5. The highest BCUT2D eigenvalue weighted by Crippen LogP contribution is 2.29. The van der Waals surface area contributed by atoms with Crippen LogP contribution in [0.5, 0.6) is 0 Å². The third kappa shape index (κ3) is 1.39. The van der Waals surface area contributed by atoms with Crippen LogP contribution in [-0.4, -0.2) is 18.5 Å². The molecule has 2 heteroatoms. The van der Waals surface area contributed by atoms with Gasteiger partial charge < -0.3 is 4.74 Å². The van der Waals surface area contributed by atoms with Crippen molar-refractivity contribution in [2.45, 2.75) is 38.7 Å². The summed E-state index contributed by atoms with van der Waals surface area (Å²) >= 11 is 0. The lowest BCUT2D eigenvalue weighted by Gasteiger charge is -2.33. The summed E-state index contributed by atoms with van der Waals surface area (Å²) < 4.78 is 5.64. The number of hydrogen-bond acceptors (Lipinski definition) is 2. The molecule has 2 rings (SSSR count). The molecule has 0 bridgehead atoms. The van der Waals surface area contributed by atoms with Gasteiger partial charge in [0, 0.05) is 19.4 Å². The Morgan fingerprint density at radius 1 is 1.36 bits per heavy atom. The molecule has 0 unspecified atom stereocenters. The molecule has 2 aliphatic rings. The molecule has 1 heterocycles. The van der Waals surface area contributed by atoms with Crippen molar-refractivity contribution in [2.75, 3.05) is 6.54 Å². The zero-order valence-corrected chi connectivity index (χ0v) is 7.05. The first kappa shape index (κ1) is 7.14. The first-order valence-corrected chi connectivity index (χ1v) is 4.54. The minimum atomic E-state index is 0.501. The van der Waals surface area contributed by atoms with Crippen LogP contribution in [0.25, 0.3) is 0 Å². The van der Waals surface area contributed by atoms with Gasteiger partial charge in [-0.05, 0) is 19.3 Å². The smallest absolute Gasteiger partial charge is 0.180 e. The lowest BCUT2D eigenvalue weighted by atomic mass is 9.86. The van der Waals surface area contributed by atoms with Crippen molar-refractivity contribution in [3.05, 3.63) is 0 Å². The zero-order valence-electron chi connectivity index (χ0n) is 7.05. The molecule has 0 spiro atoms. The van der Waals surface area contributed by atoms with Gasteiger partial charge in [-0.2, -0.15) is 0 Å². The molecule has 1 aliphatic heterocycles. The molecule has 0 aromatic rings. The Bertz CT molecular complexity index is 176. The number of hydrogen-bond donors (Lipinski definition) is 0. The van der Waals surface area contributed by atoms with E-state index in [1.54, 1.807) is 0 Å². The fourth-order valence-electron chi connectivity index (χ4n) is 2.04. The number of ether oxygens (including phenoxy) is 1. The van der Waals surface area contributed by atoms with Crippen LogP contribution in [0, 0.1) is 5.92 Å². The van der Waals surface area contributed by atoms with Crippen LogP contribution in [-0.2, 0) is 4.74 Å². The minimum Gasteiger partial charge on any atom is -0.478 e. The number of nitrogens with zero attached hydrogens (tertiary/aromatic N) is 1. The molecule has 2 nitrogen and oxygen atoms in total. The monoisotopic (exact) mass is 153 g/mol. The Balaban J connectivity index is 2.04. The second kappa shape index (κ2) is 2.84. The van der Waals surface area contributed by atoms with Crippen LogP contribution in [0.4, 0.5) is 0 Å². The van der Waals surface area contributed by atoms with Crippen LogP contribution >= 0.6 is 0 Å². The second-order valence-electron chi connectivity index (χ2n) is 3.56. The fraction of sp³-hybridized carbons (Fsp3) is 0.889. The quantitative estimate of drug-likeness (QED) is 0.521. The van der Waals surface area contributed by atoms with E-state index in [-0.39, 0.29) is 0 Å². The molecule has 62 valence electrons. The van der Waals surface area contributed by atoms with E-state index in [1.165, 1.54) is 25.7 Å². The van der Waals surface area contributed by atoms with Gasteiger partial charge in [-0.15, -0.1) is 0 Å². The van der Waals surface area contributed by atoms with Gasteiger partial charge in [0.05, 0.1) is 0 Å². The summed E-state index contributed by atoms with van der Waals surface area (Å²) in [6.45, 7) is 2.97. The fourth-order valence-corrected chi connectivity index (χ4v) is 2.04. The average Bonchev–Trinajstić information content (AvgIpc) is 2.04. The maximum atomic E-state index is 5.64. The molecule has 0 N–H and O–H groups in total. The van der Waals surface area contributed by atoms with Gasteiger partial charge in [0.25, 0.3) is 0 Å². The van der Waals surface area contributed by atoms with Crippen molar-refractivity contribution < 1.29 is 4.74 Å². The van der Waals surface area contributed by atoms with Gasteiger partial charge in [-0.1, -0.05) is 6.42 Å². The summed E-state index contributed by atoms with van der Waals surface area (Å²) in [5, 5.41) is 0. The zero-order chi connectivity index (χ0) is 7.68. The molecule has 0 amide bonds. The third-order valence-electron chi connectivity index (χ3n) is 2.71. The number of aliphatic imine (C=N–C) groups is 1. The van der Waals surface area contributed by atoms with E-state index in [2.05, 4.69) is 4.99 Å². The molecule has 1 saturated carbocycles. The van der Waals surface area contributed by atoms with Crippen LogP contribution < -0.4 is 0 Å². The molecule has 0 radical (unpaired) electrons. The first-order chi connectivity index (χ1) is 5.36. The molecule has 11 heavy (non-hydrogen) atoms. The second-order valence-corrected chi connectivity index (χ2v) is 3.56.